The maximum absolute atomic E-state index is 13.0. The molecule has 0 amide bonds. The van der Waals surface area contributed by atoms with E-state index in [2.05, 4.69) is 4.74 Å². The molecule has 0 aliphatic heterocycles. The highest BCUT2D eigenvalue weighted by atomic mass is 19.4. The van der Waals surface area contributed by atoms with Crippen molar-refractivity contribution in [2.24, 2.45) is 0 Å². The van der Waals surface area contributed by atoms with Crippen LogP contribution in [0.4, 0.5) is 39.5 Å². The maximum Gasteiger partial charge on any atom is 0.425 e. The minimum atomic E-state index is -5.83. The predicted molar refractivity (Wildman–Crippen MR) is 46.6 cm³/mol. The summed E-state index contributed by atoms with van der Waals surface area (Å²) in [5, 5.41) is 0. The van der Waals surface area contributed by atoms with Gasteiger partial charge in [-0.15, -0.1) is 0 Å². The molecule has 0 saturated carbocycles. The molecule has 3 atom stereocenters. The third kappa shape index (κ3) is 5.87. The third-order valence-electron chi connectivity index (χ3n) is 2.12. The van der Waals surface area contributed by atoms with Crippen molar-refractivity contribution >= 4 is 0 Å². The van der Waals surface area contributed by atoms with Gasteiger partial charge in [0.1, 0.15) is 6.10 Å². The van der Waals surface area contributed by atoms with Gasteiger partial charge in [-0.05, 0) is 13.8 Å². The van der Waals surface area contributed by atoms with Gasteiger partial charge in [-0.25, -0.2) is 13.2 Å². The highest BCUT2D eigenvalue weighted by Gasteiger charge is 2.60. The van der Waals surface area contributed by atoms with Crippen LogP contribution in [-0.2, 0) is 4.74 Å². The van der Waals surface area contributed by atoms with Gasteiger partial charge in [-0.2, -0.15) is 26.3 Å². The van der Waals surface area contributed by atoms with Gasteiger partial charge < -0.3 is 4.74 Å². The SMILES string of the molecule is CC(CC(F)(F)F)OC(C)C(F)(F)C(F)C(F)(F)F. The van der Waals surface area contributed by atoms with Gasteiger partial charge in [-0.1, -0.05) is 0 Å². The van der Waals surface area contributed by atoms with Gasteiger partial charge >= 0.3 is 18.3 Å². The molecule has 0 aromatic carbocycles. The zero-order valence-corrected chi connectivity index (χ0v) is 9.75. The average molecular weight is 306 g/mol. The molecule has 0 saturated heterocycles. The number of halogens is 9. The molecule has 0 aromatic heterocycles. The minimum Gasteiger partial charge on any atom is -0.369 e. The molecule has 1 nitrogen and oxygen atoms in total. The fraction of sp³-hybridized carbons (Fsp3) is 1.00. The number of alkyl halides is 9. The molecule has 19 heavy (non-hydrogen) atoms. The summed E-state index contributed by atoms with van der Waals surface area (Å²) in [6.45, 7) is 1.13. The van der Waals surface area contributed by atoms with E-state index in [4.69, 9.17) is 0 Å². The van der Waals surface area contributed by atoms with E-state index in [1.165, 1.54) is 0 Å². The summed E-state index contributed by atoms with van der Waals surface area (Å²) in [4.78, 5) is 0. The van der Waals surface area contributed by atoms with Gasteiger partial charge in [0.05, 0.1) is 12.5 Å². The normalized spacial score (nSPS) is 19.1. The van der Waals surface area contributed by atoms with E-state index in [1.807, 2.05) is 0 Å². The minimum absolute atomic E-state index is 0.380. The van der Waals surface area contributed by atoms with Gasteiger partial charge in [0.2, 0.25) is 0 Å². The Bertz CT molecular complexity index is 282. The number of hydrogen-bond donors (Lipinski definition) is 0. The van der Waals surface area contributed by atoms with Crippen molar-refractivity contribution in [1.29, 1.82) is 0 Å². The van der Waals surface area contributed by atoms with Gasteiger partial charge in [-0.3, -0.25) is 0 Å². The smallest absolute Gasteiger partial charge is 0.369 e. The van der Waals surface area contributed by atoms with E-state index < -0.39 is 43.1 Å². The van der Waals surface area contributed by atoms with Gasteiger partial charge in [0, 0.05) is 0 Å². The number of ether oxygens (including phenoxy) is 1. The Morgan fingerprint density at radius 1 is 0.895 bits per heavy atom. The van der Waals surface area contributed by atoms with Crippen LogP contribution in [0.15, 0.2) is 0 Å². The maximum atomic E-state index is 13.0. The summed E-state index contributed by atoms with van der Waals surface area (Å²) >= 11 is 0. The van der Waals surface area contributed by atoms with E-state index >= 15 is 0 Å². The van der Waals surface area contributed by atoms with Crippen molar-refractivity contribution in [3.8, 4) is 0 Å². The Balaban J connectivity index is 4.68. The molecule has 3 unspecified atom stereocenters. The Labute approximate surface area is 102 Å². The summed E-state index contributed by atoms with van der Waals surface area (Å²) in [5.41, 5.74) is 0. The molecule has 0 aromatic rings. The number of hydrogen-bond acceptors (Lipinski definition) is 1. The van der Waals surface area contributed by atoms with Crippen LogP contribution >= 0.6 is 0 Å². The summed E-state index contributed by atoms with van der Waals surface area (Å²) in [5.74, 6) is -4.97. The standard InChI is InChI=1S/C9H11F9O/c1-4(3-7(11,12)13)19-5(2)8(14,15)6(10)9(16,17)18/h4-6H,3H2,1-2H3. The van der Waals surface area contributed by atoms with E-state index in [0.29, 0.717) is 6.92 Å². The molecule has 0 spiro atoms. The van der Waals surface area contributed by atoms with Crippen LogP contribution in [-0.4, -0.2) is 36.7 Å². The molecule has 0 fully saturated rings. The largest absolute Gasteiger partial charge is 0.425 e. The first-order valence-electron chi connectivity index (χ1n) is 4.98. The van der Waals surface area contributed by atoms with E-state index in [9.17, 15) is 39.5 Å². The monoisotopic (exact) mass is 306 g/mol. The Morgan fingerprint density at radius 3 is 1.63 bits per heavy atom. The van der Waals surface area contributed by atoms with Gasteiger partial charge in [0.25, 0.3) is 6.17 Å². The lowest BCUT2D eigenvalue weighted by Crippen LogP contribution is -2.50. The first kappa shape index (κ1) is 18.3. The zero-order chi connectivity index (χ0) is 15.6. The van der Waals surface area contributed by atoms with Crippen molar-refractivity contribution in [3.05, 3.63) is 0 Å². The molecule has 0 aliphatic rings. The molecular formula is C9H11F9O. The van der Waals surface area contributed by atoms with Crippen molar-refractivity contribution in [2.75, 3.05) is 0 Å². The Kier molecular flexibility index (Phi) is 5.56. The van der Waals surface area contributed by atoms with Crippen molar-refractivity contribution in [3.63, 3.8) is 0 Å². The summed E-state index contributed by atoms with van der Waals surface area (Å²) in [7, 11) is 0. The molecule has 0 radical (unpaired) electrons. The Morgan fingerprint density at radius 2 is 1.32 bits per heavy atom. The van der Waals surface area contributed by atoms with Crippen LogP contribution in [0.1, 0.15) is 20.3 Å². The lowest BCUT2D eigenvalue weighted by molar-refractivity contribution is -0.278. The highest BCUT2D eigenvalue weighted by molar-refractivity contribution is 4.88. The van der Waals surface area contributed by atoms with Crippen LogP contribution in [0.3, 0.4) is 0 Å². The van der Waals surface area contributed by atoms with Crippen molar-refractivity contribution in [2.45, 2.75) is 56.9 Å². The summed E-state index contributed by atoms with van der Waals surface area (Å²) < 4.78 is 114. The fourth-order valence-corrected chi connectivity index (χ4v) is 1.24. The van der Waals surface area contributed by atoms with Crippen LogP contribution in [0.5, 0.6) is 0 Å². The van der Waals surface area contributed by atoms with E-state index in [-0.39, 0.29) is 0 Å². The lowest BCUT2D eigenvalue weighted by Gasteiger charge is -2.30. The molecule has 0 aliphatic carbocycles. The Hall–Kier alpha value is -0.670. The molecule has 0 N–H and O–H groups in total. The van der Waals surface area contributed by atoms with Crippen molar-refractivity contribution in [1.82, 2.24) is 0 Å². The molecule has 0 bridgehead atoms. The highest BCUT2D eigenvalue weighted by Crippen LogP contribution is 2.38. The molecule has 0 heterocycles. The topological polar surface area (TPSA) is 9.23 Å². The van der Waals surface area contributed by atoms with Gasteiger partial charge in [0.15, 0.2) is 0 Å². The first-order chi connectivity index (χ1) is 8.18. The quantitative estimate of drug-likeness (QED) is 0.689. The molecule has 0 rings (SSSR count). The van der Waals surface area contributed by atoms with Crippen LogP contribution in [0, 0.1) is 0 Å². The summed E-state index contributed by atoms with van der Waals surface area (Å²) in [6, 6.07) is 0. The lowest BCUT2D eigenvalue weighted by atomic mass is 10.1. The zero-order valence-electron chi connectivity index (χ0n) is 9.75. The summed E-state index contributed by atoms with van der Waals surface area (Å²) in [6.07, 6.45) is -21.2. The van der Waals surface area contributed by atoms with E-state index in [1.54, 1.807) is 0 Å². The molecule has 116 valence electrons. The first-order valence-corrected chi connectivity index (χ1v) is 4.98. The second kappa shape index (κ2) is 5.76. The third-order valence-corrected chi connectivity index (χ3v) is 2.12. The van der Waals surface area contributed by atoms with E-state index in [0.717, 1.165) is 6.92 Å². The van der Waals surface area contributed by atoms with Crippen LogP contribution in [0.2, 0.25) is 0 Å². The average Bonchev–Trinajstić information content (AvgIpc) is 2.11. The van der Waals surface area contributed by atoms with Crippen molar-refractivity contribution < 1.29 is 44.3 Å². The number of rotatable bonds is 5. The fourth-order valence-electron chi connectivity index (χ4n) is 1.24. The predicted octanol–water partition coefficient (Wildman–Crippen LogP) is 4.27. The molecular weight excluding hydrogens is 295 g/mol. The van der Waals surface area contributed by atoms with Crippen LogP contribution in [0.25, 0.3) is 0 Å². The second-order valence-electron chi connectivity index (χ2n) is 3.99. The molecule has 10 heteroatoms. The van der Waals surface area contributed by atoms with Crippen LogP contribution < -0.4 is 0 Å². The second-order valence-corrected chi connectivity index (χ2v) is 3.99.